The van der Waals surface area contributed by atoms with Gasteiger partial charge in [-0.2, -0.15) is 0 Å². The second kappa shape index (κ2) is 8.74. The van der Waals surface area contributed by atoms with Crippen LogP contribution in [-0.2, 0) is 4.79 Å². The first-order chi connectivity index (χ1) is 10.7. The maximum Gasteiger partial charge on any atom is 0.222 e. The summed E-state index contributed by atoms with van der Waals surface area (Å²) in [6.07, 6.45) is 7.19. The van der Waals surface area contributed by atoms with Crippen LogP contribution in [0.1, 0.15) is 38.7 Å². The lowest BCUT2D eigenvalue weighted by Crippen LogP contribution is -2.53. The van der Waals surface area contributed by atoms with Crippen molar-refractivity contribution in [2.24, 2.45) is 0 Å². The third-order valence-corrected chi connectivity index (χ3v) is 4.25. The summed E-state index contributed by atoms with van der Waals surface area (Å²) in [5, 5.41) is 0. The van der Waals surface area contributed by atoms with Crippen molar-refractivity contribution in [2.45, 2.75) is 39.2 Å². The number of hydrogen-bond donors (Lipinski definition) is 0. The predicted octanol–water partition coefficient (Wildman–Crippen LogP) is 3.42. The van der Waals surface area contributed by atoms with Crippen molar-refractivity contribution in [3.63, 3.8) is 0 Å². The van der Waals surface area contributed by atoms with Crippen LogP contribution in [0.25, 0.3) is 6.08 Å². The Kier molecular flexibility index (Phi) is 6.66. The summed E-state index contributed by atoms with van der Waals surface area (Å²) in [6.45, 7) is 8.06. The molecule has 1 aromatic carbocycles. The molecule has 1 aliphatic rings. The molecule has 0 radical (unpaired) electrons. The molecule has 1 heterocycles. The fraction of sp³-hybridized carbons (Fsp3) is 0.526. The fourth-order valence-corrected chi connectivity index (χ4v) is 2.94. The van der Waals surface area contributed by atoms with E-state index in [-0.39, 0.29) is 0 Å². The maximum absolute atomic E-state index is 12.2. The lowest BCUT2D eigenvalue weighted by Gasteiger charge is -2.39. The lowest BCUT2D eigenvalue weighted by molar-refractivity contribution is -0.135. The zero-order valence-corrected chi connectivity index (χ0v) is 13.9. The molecule has 2 rings (SSSR count). The summed E-state index contributed by atoms with van der Waals surface area (Å²) in [5.41, 5.74) is 1.24. The molecule has 0 saturated carbocycles. The summed E-state index contributed by atoms with van der Waals surface area (Å²) in [4.78, 5) is 16.7. The third-order valence-electron chi connectivity index (χ3n) is 4.25. The number of unbranched alkanes of at least 4 members (excludes halogenated alkanes) is 1. The van der Waals surface area contributed by atoms with Gasteiger partial charge >= 0.3 is 0 Å². The van der Waals surface area contributed by atoms with Crippen LogP contribution in [-0.4, -0.2) is 47.9 Å². The van der Waals surface area contributed by atoms with E-state index in [1.54, 1.807) is 0 Å². The highest BCUT2D eigenvalue weighted by atomic mass is 16.2. The summed E-state index contributed by atoms with van der Waals surface area (Å²) in [5.74, 6) is 0.328. The molecule has 22 heavy (non-hydrogen) atoms. The van der Waals surface area contributed by atoms with E-state index in [1.807, 2.05) is 6.07 Å². The van der Waals surface area contributed by atoms with E-state index in [9.17, 15) is 4.79 Å². The number of benzene rings is 1. The first-order valence-corrected chi connectivity index (χ1v) is 8.44. The van der Waals surface area contributed by atoms with Crippen molar-refractivity contribution < 1.29 is 4.79 Å². The molecular weight excluding hydrogens is 272 g/mol. The van der Waals surface area contributed by atoms with E-state index in [1.165, 1.54) is 5.56 Å². The number of piperazine rings is 1. The standard InChI is InChI=1S/C19H28N2O/c1-3-4-12-19(22)21-15-14-20(16-17(21)2)13-8-11-18-9-6-5-7-10-18/h5-11,17H,3-4,12-16H2,1-2H3/b11-8-. The Labute approximate surface area is 134 Å². The largest absolute Gasteiger partial charge is 0.337 e. The van der Waals surface area contributed by atoms with Gasteiger partial charge in [0.25, 0.3) is 0 Å². The molecule has 3 heteroatoms. The second-order valence-corrected chi connectivity index (χ2v) is 6.11. The van der Waals surface area contributed by atoms with Crippen molar-refractivity contribution in [3.05, 3.63) is 42.0 Å². The molecule has 1 fully saturated rings. The van der Waals surface area contributed by atoms with Crippen LogP contribution < -0.4 is 0 Å². The molecule has 0 N–H and O–H groups in total. The molecule has 1 aliphatic heterocycles. The summed E-state index contributed by atoms with van der Waals surface area (Å²) >= 11 is 0. The molecule has 120 valence electrons. The quantitative estimate of drug-likeness (QED) is 0.803. The van der Waals surface area contributed by atoms with Crippen LogP contribution in [0.5, 0.6) is 0 Å². The van der Waals surface area contributed by atoms with E-state index >= 15 is 0 Å². The monoisotopic (exact) mass is 300 g/mol. The maximum atomic E-state index is 12.2. The number of rotatable bonds is 6. The predicted molar refractivity (Wildman–Crippen MR) is 92.6 cm³/mol. The Hall–Kier alpha value is -1.61. The fourth-order valence-electron chi connectivity index (χ4n) is 2.94. The van der Waals surface area contributed by atoms with Crippen molar-refractivity contribution in [2.75, 3.05) is 26.2 Å². The van der Waals surface area contributed by atoms with Gasteiger partial charge in [-0.3, -0.25) is 9.69 Å². The van der Waals surface area contributed by atoms with Crippen LogP contribution in [0.15, 0.2) is 36.4 Å². The van der Waals surface area contributed by atoms with Gasteiger partial charge in [-0.15, -0.1) is 0 Å². The summed E-state index contributed by atoms with van der Waals surface area (Å²) in [7, 11) is 0. The molecule has 0 aromatic heterocycles. The highest BCUT2D eigenvalue weighted by Crippen LogP contribution is 2.12. The Morgan fingerprint density at radius 2 is 2.05 bits per heavy atom. The molecule has 0 spiro atoms. The number of hydrogen-bond acceptors (Lipinski definition) is 2. The van der Waals surface area contributed by atoms with E-state index in [2.05, 4.69) is 60.1 Å². The van der Waals surface area contributed by atoms with E-state index < -0.39 is 0 Å². The Morgan fingerprint density at radius 3 is 2.73 bits per heavy atom. The third kappa shape index (κ3) is 4.99. The molecule has 3 nitrogen and oxygen atoms in total. The van der Waals surface area contributed by atoms with Crippen LogP contribution in [0.4, 0.5) is 0 Å². The van der Waals surface area contributed by atoms with E-state index in [0.29, 0.717) is 18.4 Å². The van der Waals surface area contributed by atoms with Crippen molar-refractivity contribution in [1.29, 1.82) is 0 Å². The number of carbonyl (C=O) groups excluding carboxylic acids is 1. The van der Waals surface area contributed by atoms with Crippen molar-refractivity contribution in [3.8, 4) is 0 Å². The highest BCUT2D eigenvalue weighted by molar-refractivity contribution is 5.76. The normalized spacial score (nSPS) is 19.7. The number of amides is 1. The smallest absolute Gasteiger partial charge is 0.222 e. The van der Waals surface area contributed by atoms with Crippen LogP contribution in [0.2, 0.25) is 0 Å². The van der Waals surface area contributed by atoms with Gasteiger partial charge in [0.15, 0.2) is 0 Å². The topological polar surface area (TPSA) is 23.6 Å². The van der Waals surface area contributed by atoms with Gasteiger partial charge in [-0.1, -0.05) is 55.8 Å². The van der Waals surface area contributed by atoms with Crippen LogP contribution in [0, 0.1) is 0 Å². The minimum atomic E-state index is 0.322. The van der Waals surface area contributed by atoms with E-state index in [4.69, 9.17) is 0 Å². The van der Waals surface area contributed by atoms with Gasteiger partial charge in [0.2, 0.25) is 5.91 Å². The van der Waals surface area contributed by atoms with Crippen molar-refractivity contribution in [1.82, 2.24) is 9.80 Å². The zero-order valence-electron chi connectivity index (χ0n) is 13.9. The average Bonchev–Trinajstić information content (AvgIpc) is 2.54. The minimum Gasteiger partial charge on any atom is -0.337 e. The molecule has 0 aliphatic carbocycles. The van der Waals surface area contributed by atoms with E-state index in [0.717, 1.165) is 39.0 Å². The molecule has 0 bridgehead atoms. The van der Waals surface area contributed by atoms with Gasteiger partial charge in [-0.25, -0.2) is 0 Å². The number of carbonyl (C=O) groups is 1. The van der Waals surface area contributed by atoms with Crippen molar-refractivity contribution >= 4 is 12.0 Å². The van der Waals surface area contributed by atoms with Gasteiger partial charge in [0.1, 0.15) is 0 Å². The Bertz CT molecular complexity index is 483. The molecule has 1 unspecified atom stereocenters. The first kappa shape index (κ1) is 16.8. The van der Waals surface area contributed by atoms with Gasteiger partial charge < -0.3 is 4.90 Å². The SMILES string of the molecule is CCCCC(=O)N1CCN(C/C=C\c2ccccc2)CC1C. The van der Waals surface area contributed by atoms with Crippen LogP contribution >= 0.6 is 0 Å². The summed E-state index contributed by atoms with van der Waals surface area (Å²) < 4.78 is 0. The lowest BCUT2D eigenvalue weighted by atomic mass is 10.1. The average molecular weight is 300 g/mol. The Balaban J connectivity index is 1.78. The van der Waals surface area contributed by atoms with Gasteiger partial charge in [0.05, 0.1) is 0 Å². The zero-order chi connectivity index (χ0) is 15.8. The Morgan fingerprint density at radius 1 is 1.27 bits per heavy atom. The minimum absolute atomic E-state index is 0.322. The second-order valence-electron chi connectivity index (χ2n) is 6.11. The first-order valence-electron chi connectivity index (χ1n) is 8.44. The number of nitrogens with zero attached hydrogens (tertiary/aromatic N) is 2. The molecule has 1 atom stereocenters. The molecular formula is C19H28N2O. The molecule has 1 amide bonds. The van der Waals surface area contributed by atoms with Gasteiger partial charge in [0, 0.05) is 38.6 Å². The highest BCUT2D eigenvalue weighted by Gasteiger charge is 2.26. The summed E-state index contributed by atoms with van der Waals surface area (Å²) in [6, 6.07) is 10.7. The molecule has 1 aromatic rings. The van der Waals surface area contributed by atoms with Crippen LogP contribution in [0.3, 0.4) is 0 Å². The van der Waals surface area contributed by atoms with Gasteiger partial charge in [-0.05, 0) is 18.9 Å². The molecule has 1 saturated heterocycles.